The molecule has 0 aromatic carbocycles. The third-order valence-electron chi connectivity index (χ3n) is 5.93. The zero-order valence-electron chi connectivity index (χ0n) is 13.8. The minimum Gasteiger partial charge on any atom is -0.345 e. The van der Waals surface area contributed by atoms with Gasteiger partial charge in [0.1, 0.15) is 0 Å². The Morgan fingerprint density at radius 1 is 1.09 bits per heavy atom. The Morgan fingerprint density at radius 3 is 2.32 bits per heavy atom. The molecule has 3 heterocycles. The minimum atomic E-state index is 0.257. The Balaban J connectivity index is 1.53. The third-order valence-corrected chi connectivity index (χ3v) is 5.93. The van der Waals surface area contributed by atoms with E-state index in [0.717, 1.165) is 56.4 Å². The summed E-state index contributed by atoms with van der Waals surface area (Å²) in [5.41, 5.74) is 3.37. The number of hydrogen-bond donors (Lipinski definition) is 1. The Kier molecular flexibility index (Phi) is 3.52. The molecule has 2 aliphatic heterocycles. The second-order valence-corrected chi connectivity index (χ2v) is 7.43. The number of amides is 1. The van der Waals surface area contributed by atoms with E-state index in [1.165, 1.54) is 24.2 Å². The molecular weight excluding hydrogens is 274 g/mol. The average molecular weight is 301 g/mol. The number of carbonyl (C=O) groups excluding carboxylic acids is 1. The number of rotatable bonds is 2. The van der Waals surface area contributed by atoms with Crippen molar-refractivity contribution in [1.82, 2.24) is 14.8 Å². The van der Waals surface area contributed by atoms with Gasteiger partial charge < -0.3 is 14.8 Å². The molecule has 3 aliphatic rings. The maximum atomic E-state index is 13.0. The van der Waals surface area contributed by atoms with E-state index in [9.17, 15) is 4.79 Å². The molecule has 1 saturated carbocycles. The van der Waals surface area contributed by atoms with Crippen molar-refractivity contribution in [2.24, 2.45) is 11.8 Å². The van der Waals surface area contributed by atoms with Gasteiger partial charge in [-0.1, -0.05) is 0 Å². The van der Waals surface area contributed by atoms with Crippen LogP contribution in [0, 0.1) is 25.7 Å². The first-order chi connectivity index (χ1) is 10.6. The number of aryl methyl sites for hydroxylation is 1. The van der Waals surface area contributed by atoms with Gasteiger partial charge in [0.15, 0.2) is 0 Å². The summed E-state index contributed by atoms with van der Waals surface area (Å²) in [5.74, 6) is 1.81. The van der Waals surface area contributed by atoms with E-state index in [0.29, 0.717) is 6.04 Å². The number of carbonyl (C=O) groups is 1. The van der Waals surface area contributed by atoms with Crippen molar-refractivity contribution in [3.8, 4) is 0 Å². The second-order valence-electron chi connectivity index (χ2n) is 7.43. The van der Waals surface area contributed by atoms with Crippen LogP contribution in [0.1, 0.15) is 53.5 Å². The lowest BCUT2D eigenvalue weighted by Gasteiger charge is -2.21. The Morgan fingerprint density at radius 2 is 1.73 bits per heavy atom. The highest BCUT2D eigenvalue weighted by Crippen LogP contribution is 2.38. The van der Waals surface area contributed by atoms with E-state index in [1.54, 1.807) is 0 Å². The molecule has 2 atom stereocenters. The van der Waals surface area contributed by atoms with Gasteiger partial charge in [0, 0.05) is 30.5 Å². The lowest BCUT2D eigenvalue weighted by molar-refractivity contribution is 0.0757. The van der Waals surface area contributed by atoms with Crippen LogP contribution in [0.15, 0.2) is 6.07 Å². The highest BCUT2D eigenvalue weighted by Gasteiger charge is 2.33. The fraction of sp³-hybridized carbons (Fsp3) is 0.722. The highest BCUT2D eigenvalue weighted by molar-refractivity contribution is 5.95. The van der Waals surface area contributed by atoms with E-state index in [2.05, 4.69) is 34.7 Å². The molecule has 2 saturated heterocycles. The smallest absolute Gasteiger partial charge is 0.255 e. The fourth-order valence-corrected chi connectivity index (χ4v) is 4.48. The zero-order chi connectivity index (χ0) is 15.3. The predicted octanol–water partition coefficient (Wildman–Crippen LogP) is 2.51. The van der Waals surface area contributed by atoms with Crippen molar-refractivity contribution in [2.75, 3.05) is 26.2 Å². The van der Waals surface area contributed by atoms with Crippen LogP contribution < -0.4 is 5.32 Å². The van der Waals surface area contributed by atoms with Gasteiger partial charge in [-0.2, -0.15) is 0 Å². The van der Waals surface area contributed by atoms with E-state index in [1.807, 2.05) is 0 Å². The molecular formula is C18H27N3O. The summed E-state index contributed by atoms with van der Waals surface area (Å²) in [4.78, 5) is 15.1. The first-order valence-electron chi connectivity index (χ1n) is 8.83. The molecule has 0 unspecified atom stereocenters. The number of aromatic nitrogens is 1. The van der Waals surface area contributed by atoms with Crippen LogP contribution in [-0.4, -0.2) is 41.6 Å². The van der Waals surface area contributed by atoms with E-state index < -0.39 is 0 Å². The molecule has 4 rings (SSSR count). The molecule has 0 spiro atoms. The molecule has 1 aromatic rings. The van der Waals surface area contributed by atoms with Crippen LogP contribution in [0.4, 0.5) is 0 Å². The number of likely N-dealkylation sites (tertiary alicyclic amines) is 1. The highest BCUT2D eigenvalue weighted by atomic mass is 16.2. The van der Waals surface area contributed by atoms with Crippen LogP contribution in [0.25, 0.3) is 0 Å². The van der Waals surface area contributed by atoms with Crippen molar-refractivity contribution in [2.45, 2.75) is 45.6 Å². The lowest BCUT2D eigenvalue weighted by Crippen LogP contribution is -2.33. The Labute approximate surface area is 132 Å². The number of fused-ring (bicyclic) bond motifs is 1. The van der Waals surface area contributed by atoms with Gasteiger partial charge in [-0.3, -0.25) is 4.79 Å². The molecule has 0 bridgehead atoms. The van der Waals surface area contributed by atoms with E-state index >= 15 is 0 Å². The molecule has 22 heavy (non-hydrogen) atoms. The number of hydrogen-bond acceptors (Lipinski definition) is 2. The largest absolute Gasteiger partial charge is 0.345 e. The van der Waals surface area contributed by atoms with Crippen molar-refractivity contribution in [1.29, 1.82) is 0 Å². The molecule has 0 radical (unpaired) electrons. The molecule has 1 aliphatic carbocycles. The first-order valence-corrected chi connectivity index (χ1v) is 8.83. The van der Waals surface area contributed by atoms with Crippen LogP contribution in [0.2, 0.25) is 0 Å². The summed E-state index contributed by atoms with van der Waals surface area (Å²) in [6.07, 6.45) is 4.85. The van der Waals surface area contributed by atoms with E-state index in [-0.39, 0.29) is 5.91 Å². The van der Waals surface area contributed by atoms with E-state index in [4.69, 9.17) is 0 Å². The normalized spacial score (nSPS) is 28.5. The van der Waals surface area contributed by atoms with Crippen LogP contribution in [0.3, 0.4) is 0 Å². The zero-order valence-corrected chi connectivity index (χ0v) is 13.8. The van der Waals surface area contributed by atoms with Crippen molar-refractivity contribution >= 4 is 5.91 Å². The lowest BCUT2D eigenvalue weighted by atomic mass is 9.92. The van der Waals surface area contributed by atoms with Gasteiger partial charge >= 0.3 is 0 Å². The molecule has 4 nitrogen and oxygen atoms in total. The van der Waals surface area contributed by atoms with Crippen molar-refractivity contribution in [3.05, 3.63) is 23.0 Å². The molecule has 1 N–H and O–H groups in total. The van der Waals surface area contributed by atoms with Gasteiger partial charge in [-0.15, -0.1) is 0 Å². The van der Waals surface area contributed by atoms with Gasteiger partial charge in [-0.25, -0.2) is 0 Å². The van der Waals surface area contributed by atoms with Gasteiger partial charge in [0.25, 0.3) is 5.91 Å². The Hall–Kier alpha value is -1.29. The fourth-order valence-electron chi connectivity index (χ4n) is 4.48. The summed E-state index contributed by atoms with van der Waals surface area (Å²) in [6.45, 7) is 8.39. The Bertz CT molecular complexity index is 573. The second kappa shape index (κ2) is 5.41. The average Bonchev–Trinajstić information content (AvgIpc) is 3.21. The number of nitrogens with one attached hydrogen (secondary N) is 1. The van der Waals surface area contributed by atoms with Crippen LogP contribution in [-0.2, 0) is 0 Å². The minimum absolute atomic E-state index is 0.257. The predicted molar refractivity (Wildman–Crippen MR) is 87.2 cm³/mol. The maximum absolute atomic E-state index is 13.0. The monoisotopic (exact) mass is 301 g/mol. The van der Waals surface area contributed by atoms with Gasteiger partial charge in [0.05, 0.1) is 5.56 Å². The summed E-state index contributed by atoms with van der Waals surface area (Å²) in [7, 11) is 0. The third kappa shape index (κ3) is 2.37. The van der Waals surface area contributed by atoms with Crippen LogP contribution >= 0.6 is 0 Å². The standard InChI is InChI=1S/C18H27N3O/c1-12-9-17(13(2)21(12)16-3-4-16)18(22)20-7-5-14-10-19-11-15(14)6-8-20/h9,14-16,19H,3-8,10-11H2,1-2H3/t14-,15+. The van der Waals surface area contributed by atoms with Crippen molar-refractivity contribution < 1.29 is 4.79 Å². The van der Waals surface area contributed by atoms with Crippen LogP contribution in [0.5, 0.6) is 0 Å². The molecule has 3 fully saturated rings. The molecule has 1 aromatic heterocycles. The maximum Gasteiger partial charge on any atom is 0.255 e. The number of nitrogens with zero attached hydrogens (tertiary/aromatic N) is 2. The van der Waals surface area contributed by atoms with Gasteiger partial charge in [0.2, 0.25) is 0 Å². The summed E-state index contributed by atoms with van der Waals surface area (Å²) in [5, 5.41) is 3.50. The topological polar surface area (TPSA) is 37.3 Å². The molecule has 1 amide bonds. The van der Waals surface area contributed by atoms with Gasteiger partial charge in [-0.05, 0) is 70.5 Å². The summed E-state index contributed by atoms with van der Waals surface area (Å²) in [6, 6.07) is 2.76. The summed E-state index contributed by atoms with van der Waals surface area (Å²) < 4.78 is 2.38. The SMILES string of the molecule is Cc1cc(C(=O)N2CC[C@@H]3CNC[C@@H]3CC2)c(C)n1C1CC1. The first kappa shape index (κ1) is 14.3. The quantitative estimate of drug-likeness (QED) is 0.911. The van der Waals surface area contributed by atoms with Crippen molar-refractivity contribution in [3.63, 3.8) is 0 Å². The molecule has 120 valence electrons. The molecule has 4 heteroatoms. The summed E-state index contributed by atoms with van der Waals surface area (Å²) >= 11 is 0.